The summed E-state index contributed by atoms with van der Waals surface area (Å²) in [5.41, 5.74) is 1.83. The molecule has 0 bridgehead atoms. The van der Waals surface area contributed by atoms with Gasteiger partial charge in [-0.1, -0.05) is 25.0 Å². The number of hydrogen-bond acceptors (Lipinski definition) is 6. The average Bonchev–Trinajstić information content (AvgIpc) is 3.32. The molecule has 0 unspecified atom stereocenters. The second-order valence-electron chi connectivity index (χ2n) is 8.04. The number of morpholine rings is 1. The van der Waals surface area contributed by atoms with Gasteiger partial charge in [-0.2, -0.15) is 0 Å². The average molecular weight is 460 g/mol. The molecule has 0 radical (unpaired) electrons. The van der Waals surface area contributed by atoms with E-state index in [-0.39, 0.29) is 28.2 Å². The third-order valence-electron chi connectivity index (χ3n) is 5.90. The standard InChI is InChI=1S/C23H29N3O5S/c1-30-21-11-10-17(16-22(21)32(28,29)25-18-6-2-3-7-18)23(27)24-19-8-4-5-9-20(19)26-12-14-31-15-13-26/h4-5,8-11,16,18,25H,2-3,6-7,12-15H2,1H3,(H,24,27). The Morgan fingerprint density at radius 3 is 2.53 bits per heavy atom. The summed E-state index contributed by atoms with van der Waals surface area (Å²) in [4.78, 5) is 15.2. The summed E-state index contributed by atoms with van der Waals surface area (Å²) in [5, 5.41) is 2.94. The second kappa shape index (κ2) is 9.89. The van der Waals surface area contributed by atoms with Gasteiger partial charge in [0, 0.05) is 24.7 Å². The number of nitrogens with zero attached hydrogens (tertiary/aromatic N) is 1. The van der Waals surface area contributed by atoms with Gasteiger partial charge in [-0.25, -0.2) is 13.1 Å². The number of ether oxygens (including phenoxy) is 2. The van der Waals surface area contributed by atoms with Crippen molar-refractivity contribution in [2.24, 2.45) is 0 Å². The van der Waals surface area contributed by atoms with Crippen LogP contribution in [0, 0.1) is 0 Å². The molecule has 0 aromatic heterocycles. The number of nitrogens with one attached hydrogen (secondary N) is 2. The Labute approximate surface area is 189 Å². The van der Waals surface area contributed by atoms with Crippen molar-refractivity contribution in [3.05, 3.63) is 48.0 Å². The quantitative estimate of drug-likeness (QED) is 0.661. The van der Waals surface area contributed by atoms with Crippen LogP contribution in [0.3, 0.4) is 0 Å². The topological polar surface area (TPSA) is 97.0 Å². The Morgan fingerprint density at radius 1 is 1.09 bits per heavy atom. The van der Waals surface area contributed by atoms with Crippen LogP contribution in [0.5, 0.6) is 5.75 Å². The summed E-state index contributed by atoms with van der Waals surface area (Å²) in [7, 11) is -2.40. The maximum Gasteiger partial charge on any atom is 0.255 e. The smallest absolute Gasteiger partial charge is 0.255 e. The Kier molecular flexibility index (Phi) is 6.98. The molecular formula is C23H29N3O5S. The lowest BCUT2D eigenvalue weighted by Crippen LogP contribution is -2.36. The van der Waals surface area contributed by atoms with E-state index in [4.69, 9.17) is 9.47 Å². The number of rotatable bonds is 7. The molecule has 2 aromatic rings. The minimum Gasteiger partial charge on any atom is -0.495 e. The van der Waals surface area contributed by atoms with E-state index in [1.54, 1.807) is 6.07 Å². The third kappa shape index (κ3) is 5.06. The molecular weight excluding hydrogens is 430 g/mol. The van der Waals surface area contributed by atoms with E-state index >= 15 is 0 Å². The molecule has 8 nitrogen and oxygen atoms in total. The van der Waals surface area contributed by atoms with Crippen LogP contribution >= 0.6 is 0 Å². The fourth-order valence-electron chi connectivity index (χ4n) is 4.21. The number of amides is 1. The minimum atomic E-state index is -3.82. The molecule has 2 N–H and O–H groups in total. The number of methoxy groups -OCH3 is 1. The van der Waals surface area contributed by atoms with Gasteiger partial charge in [0.2, 0.25) is 10.0 Å². The van der Waals surface area contributed by atoms with Crippen molar-refractivity contribution >= 4 is 27.3 Å². The van der Waals surface area contributed by atoms with Gasteiger partial charge in [-0.3, -0.25) is 4.79 Å². The Hall–Kier alpha value is -2.62. The lowest BCUT2D eigenvalue weighted by molar-refractivity contribution is 0.102. The van der Waals surface area contributed by atoms with Crippen molar-refractivity contribution in [3.63, 3.8) is 0 Å². The highest BCUT2D eigenvalue weighted by Gasteiger charge is 2.27. The largest absolute Gasteiger partial charge is 0.495 e. The van der Waals surface area contributed by atoms with Crippen LogP contribution in [-0.4, -0.2) is 53.8 Å². The molecule has 1 aliphatic carbocycles. The minimum absolute atomic E-state index is 0.0268. The molecule has 2 aliphatic rings. The highest BCUT2D eigenvalue weighted by molar-refractivity contribution is 7.89. The fourth-order valence-corrected chi connectivity index (χ4v) is 5.71. The molecule has 1 aliphatic heterocycles. The van der Waals surface area contributed by atoms with Gasteiger partial charge in [0.25, 0.3) is 5.91 Å². The second-order valence-corrected chi connectivity index (χ2v) is 9.72. The normalized spacial score (nSPS) is 17.3. The molecule has 32 heavy (non-hydrogen) atoms. The van der Waals surface area contributed by atoms with Crippen molar-refractivity contribution < 1.29 is 22.7 Å². The molecule has 1 saturated heterocycles. The van der Waals surface area contributed by atoms with Crippen molar-refractivity contribution in [2.45, 2.75) is 36.6 Å². The molecule has 1 saturated carbocycles. The van der Waals surface area contributed by atoms with Crippen molar-refractivity contribution in [2.75, 3.05) is 43.6 Å². The summed E-state index contributed by atoms with van der Waals surface area (Å²) in [6.07, 6.45) is 3.66. The monoisotopic (exact) mass is 459 g/mol. The number of anilines is 2. The first kappa shape index (κ1) is 22.6. The van der Waals surface area contributed by atoms with Gasteiger partial charge in [-0.05, 0) is 43.2 Å². The summed E-state index contributed by atoms with van der Waals surface area (Å²) >= 11 is 0. The highest BCUT2D eigenvalue weighted by atomic mass is 32.2. The van der Waals surface area contributed by atoms with Crippen LogP contribution < -0.4 is 19.7 Å². The van der Waals surface area contributed by atoms with Crippen LogP contribution in [0.25, 0.3) is 0 Å². The van der Waals surface area contributed by atoms with Gasteiger partial charge in [0.1, 0.15) is 10.6 Å². The molecule has 172 valence electrons. The number of sulfonamides is 1. The molecule has 0 spiro atoms. The van der Waals surface area contributed by atoms with Gasteiger partial charge in [-0.15, -0.1) is 0 Å². The molecule has 4 rings (SSSR count). The maximum absolute atomic E-state index is 13.1. The first-order chi connectivity index (χ1) is 15.5. The van der Waals surface area contributed by atoms with Crippen LogP contribution in [0.4, 0.5) is 11.4 Å². The van der Waals surface area contributed by atoms with E-state index < -0.39 is 10.0 Å². The maximum atomic E-state index is 13.1. The summed E-state index contributed by atoms with van der Waals surface area (Å²) in [5.74, 6) is -0.175. The highest BCUT2D eigenvalue weighted by Crippen LogP contribution is 2.29. The first-order valence-electron chi connectivity index (χ1n) is 10.9. The van der Waals surface area contributed by atoms with E-state index in [2.05, 4.69) is 14.9 Å². The Balaban J connectivity index is 1.58. The van der Waals surface area contributed by atoms with Crippen LogP contribution in [0.1, 0.15) is 36.0 Å². The molecule has 2 aromatic carbocycles. The van der Waals surface area contributed by atoms with E-state index in [1.165, 1.54) is 19.2 Å². The van der Waals surface area contributed by atoms with Gasteiger partial charge in [0.15, 0.2) is 0 Å². The van der Waals surface area contributed by atoms with E-state index in [0.29, 0.717) is 18.9 Å². The van der Waals surface area contributed by atoms with Gasteiger partial charge >= 0.3 is 0 Å². The van der Waals surface area contributed by atoms with Crippen molar-refractivity contribution in [1.82, 2.24) is 4.72 Å². The zero-order valence-electron chi connectivity index (χ0n) is 18.2. The predicted molar refractivity (Wildman–Crippen MR) is 123 cm³/mol. The summed E-state index contributed by atoms with van der Waals surface area (Å²) < 4.78 is 39.5. The molecule has 0 atom stereocenters. The van der Waals surface area contributed by atoms with E-state index in [1.807, 2.05) is 24.3 Å². The summed E-state index contributed by atoms with van der Waals surface area (Å²) in [6, 6.07) is 12.0. The van der Waals surface area contributed by atoms with Crippen LogP contribution in [0.15, 0.2) is 47.4 Å². The zero-order chi connectivity index (χ0) is 22.6. The number of hydrogen-bond donors (Lipinski definition) is 2. The summed E-state index contributed by atoms with van der Waals surface area (Å²) in [6.45, 7) is 2.75. The molecule has 9 heteroatoms. The number of carbonyl (C=O) groups is 1. The van der Waals surface area contributed by atoms with Crippen molar-refractivity contribution in [1.29, 1.82) is 0 Å². The third-order valence-corrected chi connectivity index (χ3v) is 7.44. The first-order valence-corrected chi connectivity index (χ1v) is 12.4. The SMILES string of the molecule is COc1ccc(C(=O)Nc2ccccc2N2CCOCC2)cc1S(=O)(=O)NC1CCCC1. The van der Waals surface area contributed by atoms with Crippen LogP contribution in [0.2, 0.25) is 0 Å². The molecule has 2 fully saturated rings. The van der Waals surface area contributed by atoms with Gasteiger partial charge in [0.05, 0.1) is 31.7 Å². The predicted octanol–water partition coefficient (Wildman–Crippen LogP) is 3.01. The zero-order valence-corrected chi connectivity index (χ0v) is 19.0. The molecule has 1 amide bonds. The molecule has 1 heterocycles. The Bertz CT molecular complexity index is 1060. The Morgan fingerprint density at radius 2 is 1.81 bits per heavy atom. The number of para-hydroxylation sites is 2. The van der Waals surface area contributed by atoms with E-state index in [9.17, 15) is 13.2 Å². The van der Waals surface area contributed by atoms with Gasteiger partial charge < -0.3 is 19.7 Å². The van der Waals surface area contributed by atoms with Crippen LogP contribution in [-0.2, 0) is 14.8 Å². The van der Waals surface area contributed by atoms with Crippen molar-refractivity contribution in [3.8, 4) is 5.75 Å². The fraction of sp³-hybridized carbons (Fsp3) is 0.435. The number of benzene rings is 2. The van der Waals surface area contributed by atoms with E-state index in [0.717, 1.165) is 44.5 Å². The lowest BCUT2D eigenvalue weighted by Gasteiger charge is -2.30. The lowest BCUT2D eigenvalue weighted by atomic mass is 10.1. The number of carbonyl (C=O) groups excluding carboxylic acids is 1.